The van der Waals surface area contributed by atoms with Gasteiger partial charge in [-0.15, -0.1) is 0 Å². The van der Waals surface area contributed by atoms with Gasteiger partial charge < -0.3 is 10.1 Å². The molecule has 0 amide bonds. The molecule has 1 aromatic carbocycles. The molecule has 21 heavy (non-hydrogen) atoms. The minimum atomic E-state index is 0.0988. The second-order valence-corrected chi connectivity index (χ2v) is 7.87. The second kappa shape index (κ2) is 7.31. The molecule has 0 radical (unpaired) electrons. The Bertz CT molecular complexity index is 438. The average Bonchev–Trinajstić information content (AvgIpc) is 2.36. The van der Waals surface area contributed by atoms with Crippen LogP contribution >= 0.6 is 0 Å². The Labute approximate surface area is 131 Å². The zero-order valence-electron chi connectivity index (χ0n) is 15.0. The van der Waals surface area contributed by atoms with Gasteiger partial charge in [0.1, 0.15) is 5.75 Å². The molecule has 0 fully saturated rings. The van der Waals surface area contributed by atoms with Gasteiger partial charge in [-0.25, -0.2) is 0 Å². The van der Waals surface area contributed by atoms with Gasteiger partial charge >= 0.3 is 0 Å². The molecule has 0 aromatic heterocycles. The Balaban J connectivity index is 2.88. The zero-order valence-corrected chi connectivity index (χ0v) is 15.0. The van der Waals surface area contributed by atoms with E-state index < -0.39 is 0 Å². The summed E-state index contributed by atoms with van der Waals surface area (Å²) in [5.41, 5.74) is 2.95. The van der Waals surface area contributed by atoms with Crippen LogP contribution in [0.5, 0.6) is 5.75 Å². The summed E-state index contributed by atoms with van der Waals surface area (Å²) in [6, 6.07) is 6.68. The molecule has 0 heterocycles. The Kier molecular flexibility index (Phi) is 6.27. The molecule has 120 valence electrons. The minimum absolute atomic E-state index is 0.0988. The molecule has 0 saturated carbocycles. The molecule has 2 nitrogen and oxygen atoms in total. The summed E-state index contributed by atoms with van der Waals surface area (Å²) in [4.78, 5) is 0. The molecule has 0 spiro atoms. The fourth-order valence-corrected chi connectivity index (χ4v) is 2.29. The van der Waals surface area contributed by atoms with E-state index in [1.807, 2.05) is 7.05 Å². The normalized spacial score (nSPS) is 12.5. The van der Waals surface area contributed by atoms with Crippen molar-refractivity contribution >= 4 is 0 Å². The largest absolute Gasteiger partial charge is 0.493 e. The van der Waals surface area contributed by atoms with Gasteiger partial charge in [-0.3, -0.25) is 0 Å². The molecule has 0 bridgehead atoms. The summed E-state index contributed by atoms with van der Waals surface area (Å²) < 4.78 is 6.05. The molecular formula is C19H33NO. The summed E-state index contributed by atoms with van der Waals surface area (Å²) >= 11 is 0. The molecule has 0 unspecified atom stereocenters. The third-order valence-corrected chi connectivity index (χ3v) is 3.73. The smallest absolute Gasteiger partial charge is 0.123 e. The molecular weight excluding hydrogens is 258 g/mol. The Morgan fingerprint density at radius 2 is 1.62 bits per heavy atom. The molecule has 2 heteroatoms. The van der Waals surface area contributed by atoms with Gasteiger partial charge in [0.15, 0.2) is 0 Å². The summed E-state index contributed by atoms with van der Waals surface area (Å²) in [6.07, 6.45) is 2.24. The lowest BCUT2D eigenvalue weighted by Crippen LogP contribution is -2.18. The summed E-state index contributed by atoms with van der Waals surface area (Å²) in [5, 5.41) is 3.17. The lowest BCUT2D eigenvalue weighted by Gasteiger charge is -2.27. The minimum Gasteiger partial charge on any atom is -0.493 e. The van der Waals surface area contributed by atoms with Crippen molar-refractivity contribution in [2.75, 3.05) is 20.2 Å². The van der Waals surface area contributed by atoms with Crippen molar-refractivity contribution in [2.24, 2.45) is 0 Å². The van der Waals surface area contributed by atoms with Crippen molar-refractivity contribution in [1.29, 1.82) is 0 Å². The molecule has 1 rings (SSSR count). The molecule has 1 N–H and O–H groups in total. The van der Waals surface area contributed by atoms with E-state index in [-0.39, 0.29) is 10.8 Å². The van der Waals surface area contributed by atoms with Crippen LogP contribution in [0.3, 0.4) is 0 Å². The first-order valence-electron chi connectivity index (χ1n) is 8.08. The highest BCUT2D eigenvalue weighted by Crippen LogP contribution is 2.35. The van der Waals surface area contributed by atoms with Gasteiger partial charge in [0, 0.05) is 0 Å². The van der Waals surface area contributed by atoms with Crippen molar-refractivity contribution in [3.05, 3.63) is 29.3 Å². The predicted octanol–water partition coefficient (Wildman–Crippen LogP) is 4.66. The second-order valence-electron chi connectivity index (χ2n) is 7.87. The lowest BCUT2D eigenvalue weighted by atomic mass is 9.80. The maximum Gasteiger partial charge on any atom is 0.123 e. The number of hydrogen-bond acceptors (Lipinski definition) is 2. The summed E-state index contributed by atoms with van der Waals surface area (Å²) in [7, 11) is 1.99. The van der Waals surface area contributed by atoms with E-state index in [1.165, 1.54) is 11.1 Å². The van der Waals surface area contributed by atoms with E-state index in [4.69, 9.17) is 4.74 Å². The summed E-state index contributed by atoms with van der Waals surface area (Å²) in [5.74, 6) is 1.04. The zero-order chi connectivity index (χ0) is 16.1. The first kappa shape index (κ1) is 18.0. The van der Waals surface area contributed by atoms with Crippen LogP contribution < -0.4 is 10.1 Å². The number of hydrogen-bond donors (Lipinski definition) is 1. The molecule has 0 aliphatic carbocycles. The lowest BCUT2D eigenvalue weighted by molar-refractivity contribution is 0.298. The van der Waals surface area contributed by atoms with Crippen molar-refractivity contribution in [1.82, 2.24) is 5.32 Å². The molecule has 0 saturated heterocycles. The SMILES string of the molecule is CNCCCCOc1ccc(C(C)(C)C)cc1C(C)(C)C. The van der Waals surface area contributed by atoms with Gasteiger partial charge in [0.25, 0.3) is 0 Å². The van der Waals surface area contributed by atoms with E-state index in [9.17, 15) is 0 Å². The fraction of sp³-hybridized carbons (Fsp3) is 0.684. The van der Waals surface area contributed by atoms with Gasteiger partial charge in [-0.1, -0.05) is 53.7 Å². The summed E-state index contributed by atoms with van der Waals surface area (Å²) in [6.45, 7) is 15.4. The van der Waals surface area contributed by atoms with Crippen molar-refractivity contribution in [3.8, 4) is 5.75 Å². The Morgan fingerprint density at radius 3 is 2.14 bits per heavy atom. The Morgan fingerprint density at radius 1 is 0.952 bits per heavy atom. The maximum absolute atomic E-state index is 6.05. The van der Waals surface area contributed by atoms with Gasteiger partial charge in [-0.2, -0.15) is 0 Å². The number of rotatable bonds is 6. The van der Waals surface area contributed by atoms with Crippen LogP contribution in [0.25, 0.3) is 0 Å². The van der Waals surface area contributed by atoms with E-state index in [0.717, 1.165) is 31.7 Å². The van der Waals surface area contributed by atoms with Gasteiger partial charge in [0.2, 0.25) is 0 Å². The van der Waals surface area contributed by atoms with Crippen LogP contribution in [0.2, 0.25) is 0 Å². The van der Waals surface area contributed by atoms with Crippen molar-refractivity contribution in [2.45, 2.75) is 65.2 Å². The molecule has 0 atom stereocenters. The molecule has 0 aliphatic heterocycles. The first-order chi connectivity index (χ1) is 9.66. The van der Waals surface area contributed by atoms with E-state index in [2.05, 4.69) is 65.1 Å². The highest BCUT2D eigenvalue weighted by atomic mass is 16.5. The van der Waals surface area contributed by atoms with Crippen LogP contribution in [0, 0.1) is 0 Å². The molecule has 1 aromatic rings. The van der Waals surface area contributed by atoms with Crippen molar-refractivity contribution < 1.29 is 4.74 Å². The third-order valence-electron chi connectivity index (χ3n) is 3.73. The van der Waals surface area contributed by atoms with Crippen LogP contribution in [-0.2, 0) is 10.8 Å². The van der Waals surface area contributed by atoms with Gasteiger partial charge in [-0.05, 0) is 54.5 Å². The van der Waals surface area contributed by atoms with Crippen LogP contribution in [0.1, 0.15) is 65.5 Å². The number of nitrogens with one attached hydrogen (secondary N) is 1. The number of unbranched alkanes of at least 4 members (excludes halogenated alkanes) is 1. The topological polar surface area (TPSA) is 21.3 Å². The Hall–Kier alpha value is -1.02. The number of ether oxygens (including phenoxy) is 1. The number of benzene rings is 1. The van der Waals surface area contributed by atoms with E-state index >= 15 is 0 Å². The molecule has 0 aliphatic rings. The highest BCUT2D eigenvalue weighted by Gasteiger charge is 2.22. The van der Waals surface area contributed by atoms with Gasteiger partial charge in [0.05, 0.1) is 6.61 Å². The average molecular weight is 291 g/mol. The monoisotopic (exact) mass is 291 g/mol. The standard InChI is InChI=1S/C19H33NO/c1-18(2,3)15-10-11-17(16(14-15)19(4,5)6)21-13-9-8-12-20-7/h10-11,14,20H,8-9,12-13H2,1-7H3. The first-order valence-corrected chi connectivity index (χ1v) is 8.08. The quantitative estimate of drug-likeness (QED) is 0.770. The fourth-order valence-electron chi connectivity index (χ4n) is 2.29. The van der Waals surface area contributed by atoms with E-state index in [1.54, 1.807) is 0 Å². The van der Waals surface area contributed by atoms with Crippen molar-refractivity contribution in [3.63, 3.8) is 0 Å². The maximum atomic E-state index is 6.05. The van der Waals surface area contributed by atoms with Crippen LogP contribution in [-0.4, -0.2) is 20.2 Å². The third kappa shape index (κ3) is 5.70. The predicted molar refractivity (Wildman–Crippen MR) is 92.5 cm³/mol. The van der Waals surface area contributed by atoms with Crippen LogP contribution in [0.15, 0.2) is 18.2 Å². The van der Waals surface area contributed by atoms with E-state index in [0.29, 0.717) is 0 Å². The van der Waals surface area contributed by atoms with Crippen LogP contribution in [0.4, 0.5) is 0 Å². The highest BCUT2D eigenvalue weighted by molar-refractivity contribution is 5.43.